The van der Waals surface area contributed by atoms with E-state index in [4.69, 9.17) is 5.11 Å². The Kier molecular flexibility index (Phi) is 4.32. The molecule has 1 fully saturated rings. The Morgan fingerprint density at radius 3 is 2.43 bits per heavy atom. The van der Waals surface area contributed by atoms with Gasteiger partial charge in [0.05, 0.1) is 5.92 Å². The lowest BCUT2D eigenvalue weighted by atomic mass is 9.97. The molecule has 1 aromatic carbocycles. The van der Waals surface area contributed by atoms with Gasteiger partial charge in [-0.25, -0.2) is 0 Å². The molecule has 0 aliphatic carbocycles. The fraction of sp³-hybridized carbons (Fsp3) is 0.286. The van der Waals surface area contributed by atoms with E-state index >= 15 is 0 Å². The molecule has 0 spiro atoms. The standard InChI is InChI=1S/C14H14N2O5/c17-11-6-10(14(21)16-11)5-8-1-3-9(4-2-8)13(20)15-7-12(18)19/h1-4,10H,5-7H2,(H,15,20)(H,18,19)(H,16,17,21). The van der Waals surface area contributed by atoms with E-state index in [0.29, 0.717) is 12.0 Å². The summed E-state index contributed by atoms with van der Waals surface area (Å²) in [5, 5.41) is 13.0. The van der Waals surface area contributed by atoms with Crippen LogP contribution in [0.2, 0.25) is 0 Å². The average Bonchev–Trinajstić information content (AvgIpc) is 2.75. The van der Waals surface area contributed by atoms with E-state index < -0.39 is 18.4 Å². The lowest BCUT2D eigenvalue weighted by Crippen LogP contribution is -2.29. The van der Waals surface area contributed by atoms with Gasteiger partial charge in [0.25, 0.3) is 5.91 Å². The number of imide groups is 1. The summed E-state index contributed by atoms with van der Waals surface area (Å²) in [6.45, 7) is -0.440. The number of hydrogen-bond acceptors (Lipinski definition) is 4. The van der Waals surface area contributed by atoms with E-state index in [1.165, 1.54) is 0 Å². The Morgan fingerprint density at radius 2 is 1.90 bits per heavy atom. The van der Waals surface area contributed by atoms with Crippen molar-refractivity contribution in [3.63, 3.8) is 0 Å². The Hall–Kier alpha value is -2.70. The molecule has 0 radical (unpaired) electrons. The second-order valence-corrected chi connectivity index (χ2v) is 4.79. The van der Waals surface area contributed by atoms with Gasteiger partial charge in [-0.05, 0) is 24.1 Å². The molecule has 110 valence electrons. The quantitative estimate of drug-likeness (QED) is 0.645. The first-order chi connectivity index (χ1) is 9.95. The number of rotatable bonds is 5. The lowest BCUT2D eigenvalue weighted by Gasteiger charge is -2.07. The SMILES string of the molecule is O=C(O)CNC(=O)c1ccc(CC2CC(=O)NC2=O)cc1. The van der Waals surface area contributed by atoms with Crippen molar-refractivity contribution in [2.45, 2.75) is 12.8 Å². The van der Waals surface area contributed by atoms with Crippen LogP contribution in [-0.2, 0) is 20.8 Å². The van der Waals surface area contributed by atoms with Crippen LogP contribution in [0, 0.1) is 5.92 Å². The van der Waals surface area contributed by atoms with Crippen LogP contribution in [0.5, 0.6) is 0 Å². The highest BCUT2D eigenvalue weighted by Gasteiger charge is 2.30. The van der Waals surface area contributed by atoms with Crippen molar-refractivity contribution >= 4 is 23.7 Å². The molecule has 1 unspecified atom stereocenters. The summed E-state index contributed by atoms with van der Waals surface area (Å²) in [5.41, 5.74) is 1.17. The molecule has 7 nitrogen and oxygen atoms in total. The molecule has 0 bridgehead atoms. The molecule has 1 aromatic rings. The number of benzene rings is 1. The number of hydrogen-bond donors (Lipinski definition) is 3. The van der Waals surface area contributed by atoms with Crippen LogP contribution < -0.4 is 10.6 Å². The van der Waals surface area contributed by atoms with E-state index in [1.807, 2.05) is 0 Å². The molecule has 7 heteroatoms. The van der Waals surface area contributed by atoms with Crippen LogP contribution in [0.15, 0.2) is 24.3 Å². The van der Waals surface area contributed by atoms with Crippen molar-refractivity contribution in [1.82, 2.24) is 10.6 Å². The van der Waals surface area contributed by atoms with Crippen molar-refractivity contribution in [2.24, 2.45) is 5.92 Å². The number of carbonyl (C=O) groups excluding carboxylic acids is 3. The predicted octanol–water partition coefficient (Wildman–Crippen LogP) is -0.294. The third-order valence-electron chi connectivity index (χ3n) is 3.16. The largest absolute Gasteiger partial charge is 0.480 e. The molecular weight excluding hydrogens is 276 g/mol. The van der Waals surface area contributed by atoms with Crippen molar-refractivity contribution < 1.29 is 24.3 Å². The average molecular weight is 290 g/mol. The second-order valence-electron chi connectivity index (χ2n) is 4.79. The fourth-order valence-electron chi connectivity index (χ4n) is 2.11. The van der Waals surface area contributed by atoms with E-state index in [-0.39, 0.29) is 24.2 Å². The summed E-state index contributed by atoms with van der Waals surface area (Å²) in [6.07, 6.45) is 0.605. The van der Waals surface area contributed by atoms with Gasteiger partial charge >= 0.3 is 5.97 Å². The molecule has 3 amide bonds. The highest BCUT2D eigenvalue weighted by Crippen LogP contribution is 2.17. The minimum atomic E-state index is -1.11. The Labute approximate surface area is 120 Å². The zero-order valence-electron chi connectivity index (χ0n) is 11.1. The number of amides is 3. The first-order valence-corrected chi connectivity index (χ1v) is 6.38. The molecular formula is C14H14N2O5. The normalized spacial score (nSPS) is 17.4. The number of aliphatic carboxylic acids is 1. The van der Waals surface area contributed by atoms with Gasteiger partial charge in [0, 0.05) is 12.0 Å². The minimum Gasteiger partial charge on any atom is -0.480 e. The molecule has 3 N–H and O–H groups in total. The molecule has 1 atom stereocenters. The monoisotopic (exact) mass is 290 g/mol. The third kappa shape index (κ3) is 3.88. The van der Waals surface area contributed by atoms with Crippen molar-refractivity contribution in [2.75, 3.05) is 6.54 Å². The maximum atomic E-state index is 11.6. The van der Waals surface area contributed by atoms with Gasteiger partial charge in [0.15, 0.2) is 0 Å². The van der Waals surface area contributed by atoms with Gasteiger partial charge in [-0.15, -0.1) is 0 Å². The van der Waals surface area contributed by atoms with Crippen LogP contribution >= 0.6 is 0 Å². The Morgan fingerprint density at radius 1 is 1.24 bits per heavy atom. The van der Waals surface area contributed by atoms with Crippen molar-refractivity contribution in [1.29, 1.82) is 0 Å². The number of carboxylic acids is 1. The zero-order valence-corrected chi connectivity index (χ0v) is 11.1. The van der Waals surface area contributed by atoms with E-state index in [0.717, 1.165) is 5.56 Å². The molecule has 1 saturated heterocycles. The van der Waals surface area contributed by atoms with E-state index in [2.05, 4.69) is 10.6 Å². The van der Waals surface area contributed by atoms with Gasteiger partial charge in [0.2, 0.25) is 11.8 Å². The summed E-state index contributed by atoms with van der Waals surface area (Å²) in [5.74, 6) is -2.50. The molecule has 1 aliphatic rings. The first-order valence-electron chi connectivity index (χ1n) is 6.38. The number of carbonyl (C=O) groups is 4. The fourth-order valence-corrected chi connectivity index (χ4v) is 2.11. The van der Waals surface area contributed by atoms with Gasteiger partial charge in [-0.3, -0.25) is 24.5 Å². The van der Waals surface area contributed by atoms with Gasteiger partial charge in [-0.2, -0.15) is 0 Å². The van der Waals surface area contributed by atoms with Gasteiger partial charge < -0.3 is 10.4 Å². The molecule has 0 aromatic heterocycles. The van der Waals surface area contributed by atoms with E-state index in [1.54, 1.807) is 24.3 Å². The second kappa shape index (κ2) is 6.17. The summed E-state index contributed by atoms with van der Waals surface area (Å²) in [6, 6.07) is 6.49. The lowest BCUT2D eigenvalue weighted by molar-refractivity contribution is -0.135. The summed E-state index contributed by atoms with van der Waals surface area (Å²) in [4.78, 5) is 44.5. The third-order valence-corrected chi connectivity index (χ3v) is 3.16. The van der Waals surface area contributed by atoms with Crippen LogP contribution in [0.25, 0.3) is 0 Å². The molecule has 2 rings (SSSR count). The molecule has 21 heavy (non-hydrogen) atoms. The smallest absolute Gasteiger partial charge is 0.322 e. The van der Waals surface area contributed by atoms with Crippen LogP contribution in [0.1, 0.15) is 22.3 Å². The number of nitrogens with one attached hydrogen (secondary N) is 2. The maximum absolute atomic E-state index is 11.6. The molecule has 0 saturated carbocycles. The van der Waals surface area contributed by atoms with Crippen LogP contribution in [0.4, 0.5) is 0 Å². The minimum absolute atomic E-state index is 0.180. The van der Waals surface area contributed by atoms with E-state index in [9.17, 15) is 19.2 Å². The number of carboxylic acid groups (broad SMARTS) is 1. The van der Waals surface area contributed by atoms with Gasteiger partial charge in [-0.1, -0.05) is 12.1 Å². The summed E-state index contributed by atoms with van der Waals surface area (Å²) < 4.78 is 0. The highest BCUT2D eigenvalue weighted by molar-refractivity contribution is 6.03. The van der Waals surface area contributed by atoms with Gasteiger partial charge in [0.1, 0.15) is 6.54 Å². The Bertz CT molecular complexity index is 594. The topological polar surface area (TPSA) is 113 Å². The highest BCUT2D eigenvalue weighted by atomic mass is 16.4. The first kappa shape index (κ1) is 14.7. The predicted molar refractivity (Wildman–Crippen MR) is 71.4 cm³/mol. The van der Waals surface area contributed by atoms with Crippen LogP contribution in [0.3, 0.4) is 0 Å². The molecule has 1 aliphatic heterocycles. The maximum Gasteiger partial charge on any atom is 0.322 e. The molecule has 1 heterocycles. The summed E-state index contributed by atoms with van der Waals surface area (Å²) in [7, 11) is 0. The zero-order chi connectivity index (χ0) is 15.4. The Balaban J connectivity index is 1.96. The van der Waals surface area contributed by atoms with Crippen LogP contribution in [-0.4, -0.2) is 35.3 Å². The van der Waals surface area contributed by atoms with Crippen molar-refractivity contribution in [3.05, 3.63) is 35.4 Å². The summed E-state index contributed by atoms with van der Waals surface area (Å²) >= 11 is 0. The van der Waals surface area contributed by atoms with Crippen molar-refractivity contribution in [3.8, 4) is 0 Å².